The van der Waals surface area contributed by atoms with Crippen LogP contribution in [0.1, 0.15) is 19.8 Å². The zero-order valence-electron chi connectivity index (χ0n) is 14.6. The molecule has 0 aromatic heterocycles. The first-order chi connectivity index (χ1) is 13.0. The zero-order chi connectivity index (χ0) is 19.1. The van der Waals surface area contributed by atoms with Crippen LogP contribution >= 0.6 is 23.2 Å². The summed E-state index contributed by atoms with van der Waals surface area (Å²) in [5, 5.41) is 2.23. The van der Waals surface area contributed by atoms with E-state index in [1.54, 1.807) is 23.3 Å². The van der Waals surface area contributed by atoms with Crippen molar-refractivity contribution in [2.24, 2.45) is 5.92 Å². The number of anilines is 2. The molecule has 3 atom stereocenters. The van der Waals surface area contributed by atoms with E-state index in [1.165, 1.54) is 0 Å². The van der Waals surface area contributed by atoms with Crippen LogP contribution in [0.25, 0.3) is 0 Å². The van der Waals surface area contributed by atoms with Gasteiger partial charge in [0.1, 0.15) is 0 Å². The standard InChI is InChI=1S/C20H18Cl2N2O3/c1-2-7-15-16-18(27-24(15)12-8-4-3-5-9-12)20(26)23(19(16)25)17-13(21)10-6-11-14(17)22/h3-6,8-11,15-16,18H,2,7H2,1H3/t15-,16+,18-/m1/s1. The third-order valence-electron chi connectivity index (χ3n) is 4.99. The van der Waals surface area contributed by atoms with Crippen molar-refractivity contribution in [2.75, 3.05) is 9.96 Å². The van der Waals surface area contributed by atoms with E-state index in [9.17, 15) is 9.59 Å². The van der Waals surface area contributed by atoms with Gasteiger partial charge in [0.15, 0.2) is 6.10 Å². The van der Waals surface area contributed by atoms with E-state index in [0.29, 0.717) is 0 Å². The molecule has 2 heterocycles. The number of hydrogen-bond acceptors (Lipinski definition) is 4. The third-order valence-corrected chi connectivity index (χ3v) is 5.60. The molecule has 2 aliphatic heterocycles. The monoisotopic (exact) mass is 404 g/mol. The molecule has 2 amide bonds. The van der Waals surface area contributed by atoms with Gasteiger partial charge in [-0.3, -0.25) is 14.4 Å². The first-order valence-corrected chi connectivity index (χ1v) is 9.63. The minimum atomic E-state index is -0.874. The van der Waals surface area contributed by atoms with Gasteiger partial charge in [-0.05, 0) is 30.7 Å². The molecule has 0 unspecified atom stereocenters. The number of carbonyl (C=O) groups is 2. The average Bonchev–Trinajstić information content (AvgIpc) is 3.14. The molecule has 140 valence electrons. The fourth-order valence-corrected chi connectivity index (χ4v) is 4.40. The van der Waals surface area contributed by atoms with Crippen molar-refractivity contribution < 1.29 is 14.4 Å². The molecule has 2 aromatic rings. The minimum Gasteiger partial charge on any atom is -0.273 e. The molecule has 7 heteroatoms. The molecular weight excluding hydrogens is 387 g/mol. The van der Waals surface area contributed by atoms with E-state index < -0.39 is 17.9 Å². The summed E-state index contributed by atoms with van der Waals surface area (Å²) in [6, 6.07) is 14.2. The fraction of sp³-hybridized carbons (Fsp3) is 0.300. The SMILES string of the molecule is CCC[C@@H]1[C@@H]2C(=O)N(c3c(Cl)cccc3Cl)C(=O)[C@@H]2ON1c1ccccc1. The second-order valence-electron chi connectivity index (χ2n) is 6.65. The molecule has 0 N–H and O–H groups in total. The Bertz CT molecular complexity index is 870. The maximum Gasteiger partial charge on any atom is 0.266 e. The van der Waals surface area contributed by atoms with E-state index in [0.717, 1.165) is 23.4 Å². The topological polar surface area (TPSA) is 49.9 Å². The Morgan fingerprint density at radius 1 is 0.963 bits per heavy atom. The fourth-order valence-electron chi connectivity index (χ4n) is 3.83. The molecule has 2 fully saturated rings. The second-order valence-corrected chi connectivity index (χ2v) is 7.47. The second kappa shape index (κ2) is 7.15. The highest BCUT2D eigenvalue weighted by Crippen LogP contribution is 2.44. The van der Waals surface area contributed by atoms with Gasteiger partial charge in [-0.15, -0.1) is 0 Å². The van der Waals surface area contributed by atoms with Gasteiger partial charge in [0.2, 0.25) is 5.91 Å². The maximum absolute atomic E-state index is 13.2. The Kier molecular flexibility index (Phi) is 4.84. The quantitative estimate of drug-likeness (QED) is 0.705. The first kappa shape index (κ1) is 18.3. The third kappa shape index (κ3) is 2.90. The van der Waals surface area contributed by atoms with Crippen molar-refractivity contribution >= 4 is 46.4 Å². The number of imide groups is 1. The molecule has 2 aliphatic rings. The van der Waals surface area contributed by atoms with Crippen LogP contribution in [0.15, 0.2) is 48.5 Å². The van der Waals surface area contributed by atoms with Crippen molar-refractivity contribution in [3.63, 3.8) is 0 Å². The van der Waals surface area contributed by atoms with Crippen molar-refractivity contribution in [3.8, 4) is 0 Å². The normalized spacial score (nSPS) is 24.6. The van der Waals surface area contributed by atoms with Crippen LogP contribution in [0, 0.1) is 5.92 Å². The van der Waals surface area contributed by atoms with Gasteiger partial charge >= 0.3 is 0 Å². The lowest BCUT2D eigenvalue weighted by molar-refractivity contribution is -0.126. The summed E-state index contributed by atoms with van der Waals surface area (Å²) in [6.07, 6.45) is 0.704. The summed E-state index contributed by atoms with van der Waals surface area (Å²) in [5.74, 6) is -1.35. The Morgan fingerprint density at radius 2 is 1.63 bits per heavy atom. The van der Waals surface area contributed by atoms with Gasteiger partial charge < -0.3 is 0 Å². The predicted octanol–water partition coefficient (Wildman–Crippen LogP) is 4.47. The number of hydroxylamine groups is 1. The summed E-state index contributed by atoms with van der Waals surface area (Å²) >= 11 is 12.5. The molecule has 4 rings (SSSR count). The van der Waals surface area contributed by atoms with Crippen LogP contribution in [-0.2, 0) is 14.4 Å². The molecule has 0 saturated carbocycles. The van der Waals surface area contributed by atoms with Crippen LogP contribution in [-0.4, -0.2) is 24.0 Å². The summed E-state index contributed by atoms with van der Waals surface area (Å²) in [4.78, 5) is 33.4. The Hall–Kier alpha value is -2.08. The zero-order valence-corrected chi connectivity index (χ0v) is 16.2. The molecule has 27 heavy (non-hydrogen) atoms. The Labute approximate surface area is 167 Å². The van der Waals surface area contributed by atoms with Crippen LogP contribution < -0.4 is 9.96 Å². The maximum atomic E-state index is 13.2. The van der Waals surface area contributed by atoms with E-state index in [2.05, 4.69) is 0 Å². The van der Waals surface area contributed by atoms with E-state index in [1.807, 2.05) is 37.3 Å². The van der Waals surface area contributed by atoms with Crippen molar-refractivity contribution in [3.05, 3.63) is 58.6 Å². The number of fused-ring (bicyclic) bond motifs is 1. The van der Waals surface area contributed by atoms with E-state index in [4.69, 9.17) is 28.0 Å². The highest BCUT2D eigenvalue weighted by molar-refractivity contribution is 6.42. The molecule has 5 nitrogen and oxygen atoms in total. The predicted molar refractivity (Wildman–Crippen MR) is 105 cm³/mol. The lowest BCUT2D eigenvalue weighted by atomic mass is 9.93. The molecule has 2 saturated heterocycles. The van der Waals surface area contributed by atoms with Gasteiger partial charge in [-0.25, -0.2) is 9.96 Å². The summed E-state index contributed by atoms with van der Waals surface area (Å²) in [5.41, 5.74) is 1.06. The molecule has 0 spiro atoms. The smallest absolute Gasteiger partial charge is 0.266 e. The Balaban J connectivity index is 1.72. The Morgan fingerprint density at radius 3 is 2.26 bits per heavy atom. The van der Waals surface area contributed by atoms with Crippen molar-refractivity contribution in [1.29, 1.82) is 0 Å². The molecule has 0 aliphatic carbocycles. The number of carbonyl (C=O) groups excluding carboxylic acids is 2. The largest absolute Gasteiger partial charge is 0.273 e. The molecule has 0 bridgehead atoms. The van der Waals surface area contributed by atoms with Gasteiger partial charge in [0.25, 0.3) is 5.91 Å². The lowest BCUT2D eigenvalue weighted by Crippen LogP contribution is -2.40. The lowest BCUT2D eigenvalue weighted by Gasteiger charge is -2.28. The van der Waals surface area contributed by atoms with Gasteiger partial charge in [-0.2, -0.15) is 0 Å². The van der Waals surface area contributed by atoms with Gasteiger partial charge in [-0.1, -0.05) is 60.8 Å². The van der Waals surface area contributed by atoms with Gasteiger partial charge in [0.05, 0.1) is 33.4 Å². The molecular formula is C20H18Cl2N2O3. The minimum absolute atomic E-state index is 0.231. The number of benzene rings is 2. The molecule has 0 radical (unpaired) electrons. The number of hydrogen-bond donors (Lipinski definition) is 0. The van der Waals surface area contributed by atoms with Crippen LogP contribution in [0.2, 0.25) is 10.0 Å². The number of rotatable bonds is 4. The summed E-state index contributed by atoms with van der Waals surface area (Å²) < 4.78 is 0. The number of nitrogens with zero attached hydrogens (tertiary/aromatic N) is 2. The molecule has 2 aromatic carbocycles. The average molecular weight is 405 g/mol. The van der Waals surface area contributed by atoms with E-state index in [-0.39, 0.29) is 27.7 Å². The first-order valence-electron chi connectivity index (χ1n) is 8.87. The highest BCUT2D eigenvalue weighted by atomic mass is 35.5. The number of halogens is 2. The van der Waals surface area contributed by atoms with Gasteiger partial charge in [0, 0.05) is 0 Å². The van der Waals surface area contributed by atoms with Crippen molar-refractivity contribution in [1.82, 2.24) is 0 Å². The summed E-state index contributed by atoms with van der Waals surface area (Å²) in [7, 11) is 0. The summed E-state index contributed by atoms with van der Waals surface area (Å²) in [6.45, 7) is 2.04. The van der Waals surface area contributed by atoms with Crippen molar-refractivity contribution in [2.45, 2.75) is 31.9 Å². The van der Waals surface area contributed by atoms with Crippen LogP contribution in [0.5, 0.6) is 0 Å². The number of para-hydroxylation sites is 2. The number of amides is 2. The highest BCUT2D eigenvalue weighted by Gasteiger charge is 2.59. The van der Waals surface area contributed by atoms with E-state index >= 15 is 0 Å². The van der Waals surface area contributed by atoms with Crippen LogP contribution in [0.3, 0.4) is 0 Å². The van der Waals surface area contributed by atoms with Crippen LogP contribution in [0.4, 0.5) is 11.4 Å².